The fourth-order valence-corrected chi connectivity index (χ4v) is 3.45. The fourth-order valence-electron chi connectivity index (χ4n) is 2.77. The fraction of sp³-hybridized carbons (Fsp3) is 0.0526. The third-order valence-corrected chi connectivity index (χ3v) is 4.77. The monoisotopic (exact) mass is 363 g/mol. The minimum absolute atomic E-state index is 0.353. The molecule has 128 valence electrons. The van der Waals surface area contributed by atoms with Gasteiger partial charge in [-0.1, -0.05) is 6.07 Å². The van der Waals surface area contributed by atoms with Gasteiger partial charge in [0, 0.05) is 23.8 Å². The van der Waals surface area contributed by atoms with Crippen molar-refractivity contribution in [2.24, 2.45) is 0 Å². The van der Waals surface area contributed by atoms with E-state index in [9.17, 15) is 9.59 Å². The van der Waals surface area contributed by atoms with Gasteiger partial charge in [0.05, 0.1) is 17.5 Å². The number of carbonyl (C=O) groups is 2. The Balaban J connectivity index is 1.83. The highest BCUT2D eigenvalue weighted by Gasteiger charge is 2.24. The summed E-state index contributed by atoms with van der Waals surface area (Å²) < 4.78 is 5.21. The van der Waals surface area contributed by atoms with Gasteiger partial charge in [0.15, 0.2) is 0 Å². The van der Waals surface area contributed by atoms with Crippen LogP contribution in [0, 0.1) is 0 Å². The number of pyridine rings is 2. The molecule has 0 aliphatic carbocycles. The van der Waals surface area contributed by atoms with Gasteiger partial charge in [-0.25, -0.2) is 4.98 Å². The molecular formula is C19H13N3O3S. The van der Waals surface area contributed by atoms with Crippen LogP contribution in [-0.2, 0) is 4.79 Å². The molecule has 1 N–H and O–H groups in total. The van der Waals surface area contributed by atoms with E-state index in [0.717, 1.165) is 39.4 Å². The van der Waals surface area contributed by atoms with Gasteiger partial charge in [-0.05, 0) is 58.8 Å². The van der Waals surface area contributed by atoms with Crippen LogP contribution < -0.4 is 10.1 Å². The first-order valence-corrected chi connectivity index (χ1v) is 8.60. The number of thioether (sulfide) groups is 1. The maximum atomic E-state index is 11.8. The molecule has 3 aromatic rings. The summed E-state index contributed by atoms with van der Waals surface area (Å²) in [5.74, 6) is 0.161. The second kappa shape index (κ2) is 6.61. The number of nitrogens with zero attached hydrogens (tertiary/aromatic N) is 2. The third-order valence-electron chi connectivity index (χ3n) is 3.96. The van der Waals surface area contributed by atoms with Crippen LogP contribution in [0.5, 0.6) is 5.88 Å². The molecule has 0 saturated carbocycles. The average Bonchev–Trinajstić information content (AvgIpc) is 2.98. The van der Waals surface area contributed by atoms with E-state index in [0.29, 0.717) is 10.8 Å². The van der Waals surface area contributed by atoms with Crippen molar-refractivity contribution in [2.75, 3.05) is 7.11 Å². The summed E-state index contributed by atoms with van der Waals surface area (Å²) in [6, 6.07) is 11.4. The van der Waals surface area contributed by atoms with Gasteiger partial charge in [-0.2, -0.15) is 0 Å². The summed E-state index contributed by atoms with van der Waals surface area (Å²) >= 11 is 0.901. The molecule has 1 saturated heterocycles. The van der Waals surface area contributed by atoms with Crippen LogP contribution in [0.2, 0.25) is 0 Å². The lowest BCUT2D eigenvalue weighted by Gasteiger charge is -2.08. The van der Waals surface area contributed by atoms with E-state index >= 15 is 0 Å². The van der Waals surface area contributed by atoms with Gasteiger partial charge in [0.25, 0.3) is 11.1 Å². The van der Waals surface area contributed by atoms with Crippen LogP contribution >= 0.6 is 11.8 Å². The molecule has 1 aliphatic rings. The summed E-state index contributed by atoms with van der Waals surface area (Å²) in [5, 5.41) is 2.84. The lowest BCUT2D eigenvalue weighted by Crippen LogP contribution is -2.17. The number of aromatic nitrogens is 2. The number of imide groups is 1. The average molecular weight is 363 g/mol. The molecule has 0 radical (unpaired) electrons. The minimum atomic E-state index is -0.370. The Morgan fingerprint density at radius 1 is 1.08 bits per heavy atom. The van der Waals surface area contributed by atoms with Crippen molar-refractivity contribution in [1.29, 1.82) is 0 Å². The molecule has 2 amide bonds. The highest BCUT2D eigenvalue weighted by Crippen LogP contribution is 2.31. The summed E-state index contributed by atoms with van der Waals surface area (Å²) in [4.78, 5) is 32.0. The molecule has 0 spiro atoms. The molecule has 0 atom stereocenters. The Kier molecular flexibility index (Phi) is 4.14. The zero-order valence-corrected chi connectivity index (χ0v) is 14.5. The van der Waals surface area contributed by atoms with Crippen LogP contribution in [-0.4, -0.2) is 28.2 Å². The van der Waals surface area contributed by atoms with Crippen LogP contribution in [0.15, 0.2) is 53.7 Å². The Labute approximate surface area is 153 Å². The van der Waals surface area contributed by atoms with Crippen LogP contribution in [0.3, 0.4) is 0 Å². The summed E-state index contributed by atoms with van der Waals surface area (Å²) in [5.41, 5.74) is 3.59. The highest BCUT2D eigenvalue weighted by atomic mass is 32.2. The van der Waals surface area contributed by atoms with E-state index in [1.165, 1.54) is 0 Å². The number of hydrogen-bond donors (Lipinski definition) is 1. The number of hydrogen-bond acceptors (Lipinski definition) is 6. The number of amides is 2. The maximum absolute atomic E-state index is 11.8. The number of carbonyl (C=O) groups excluding carboxylic acids is 2. The van der Waals surface area contributed by atoms with E-state index in [2.05, 4.69) is 15.3 Å². The minimum Gasteiger partial charge on any atom is -0.481 e. The van der Waals surface area contributed by atoms with Gasteiger partial charge in [-0.3, -0.25) is 19.9 Å². The molecule has 4 rings (SSSR count). The highest BCUT2D eigenvalue weighted by molar-refractivity contribution is 8.18. The summed E-state index contributed by atoms with van der Waals surface area (Å²) in [7, 11) is 1.58. The topological polar surface area (TPSA) is 81.2 Å². The molecule has 6 nitrogen and oxygen atoms in total. The number of nitrogens with one attached hydrogen (secondary N) is 1. The maximum Gasteiger partial charge on any atom is 0.290 e. The number of fused-ring (bicyclic) bond motifs is 1. The zero-order valence-electron chi connectivity index (χ0n) is 13.7. The van der Waals surface area contributed by atoms with Crippen molar-refractivity contribution in [3.05, 3.63) is 59.3 Å². The van der Waals surface area contributed by atoms with Gasteiger partial charge >= 0.3 is 0 Å². The molecular weight excluding hydrogens is 350 g/mol. The quantitative estimate of drug-likeness (QED) is 0.716. The summed E-state index contributed by atoms with van der Waals surface area (Å²) in [6.07, 6.45) is 5.15. The largest absolute Gasteiger partial charge is 0.481 e. The van der Waals surface area contributed by atoms with Crippen molar-refractivity contribution in [3.8, 4) is 17.0 Å². The molecule has 26 heavy (non-hydrogen) atoms. The standard InChI is InChI=1S/C19H13N3O3S/c1-25-17-10-12(4-6-21-17)13-5-7-20-15-3-2-11(8-14(13)15)9-16-18(23)22-19(24)26-16/h2-10H,1H3,(H,22,23,24)/b16-9+. The number of benzene rings is 1. The molecule has 3 heterocycles. The Morgan fingerprint density at radius 2 is 1.92 bits per heavy atom. The van der Waals surface area contributed by atoms with Crippen molar-refractivity contribution in [3.63, 3.8) is 0 Å². The number of rotatable bonds is 3. The smallest absolute Gasteiger partial charge is 0.290 e. The van der Waals surface area contributed by atoms with Gasteiger partial charge < -0.3 is 4.74 Å². The SMILES string of the molecule is COc1cc(-c2ccnc3ccc(/C=C4/SC(=O)NC4=O)cc23)ccn1. The second-order valence-corrected chi connectivity index (χ2v) is 6.59. The van der Waals surface area contributed by atoms with Crippen molar-refractivity contribution in [2.45, 2.75) is 0 Å². The van der Waals surface area contributed by atoms with E-state index in [1.807, 2.05) is 36.4 Å². The molecule has 1 aliphatic heterocycles. The second-order valence-electron chi connectivity index (χ2n) is 5.57. The predicted molar refractivity (Wildman–Crippen MR) is 101 cm³/mol. The Hall–Kier alpha value is -3.19. The first kappa shape index (κ1) is 16.3. The van der Waals surface area contributed by atoms with Crippen molar-refractivity contribution >= 4 is 39.9 Å². The lowest BCUT2D eigenvalue weighted by molar-refractivity contribution is -0.115. The van der Waals surface area contributed by atoms with Gasteiger partial charge in [0.1, 0.15) is 0 Å². The molecule has 0 unspecified atom stereocenters. The van der Waals surface area contributed by atoms with Gasteiger partial charge in [-0.15, -0.1) is 0 Å². The van der Waals surface area contributed by atoms with Crippen molar-refractivity contribution in [1.82, 2.24) is 15.3 Å². The van der Waals surface area contributed by atoms with E-state index < -0.39 is 0 Å². The normalized spacial score (nSPS) is 15.5. The van der Waals surface area contributed by atoms with Gasteiger partial charge in [0.2, 0.25) is 5.88 Å². The molecule has 1 aromatic carbocycles. The number of methoxy groups -OCH3 is 1. The van der Waals surface area contributed by atoms with Crippen molar-refractivity contribution < 1.29 is 14.3 Å². The third kappa shape index (κ3) is 3.04. The zero-order chi connectivity index (χ0) is 18.1. The Morgan fingerprint density at radius 3 is 2.69 bits per heavy atom. The Bertz CT molecular complexity index is 1080. The molecule has 1 fully saturated rings. The van der Waals surface area contributed by atoms with E-state index in [-0.39, 0.29) is 11.1 Å². The lowest BCUT2D eigenvalue weighted by atomic mass is 10.0. The van der Waals surface area contributed by atoms with Crippen LogP contribution in [0.1, 0.15) is 5.56 Å². The first-order chi connectivity index (χ1) is 12.6. The summed E-state index contributed by atoms with van der Waals surface area (Å²) in [6.45, 7) is 0. The van der Waals surface area contributed by atoms with Crippen LogP contribution in [0.4, 0.5) is 4.79 Å². The first-order valence-electron chi connectivity index (χ1n) is 7.78. The van der Waals surface area contributed by atoms with E-state index in [1.54, 1.807) is 25.6 Å². The van der Waals surface area contributed by atoms with E-state index in [4.69, 9.17) is 4.74 Å². The predicted octanol–water partition coefficient (Wildman–Crippen LogP) is 3.63. The molecule has 7 heteroatoms. The number of ether oxygens (including phenoxy) is 1. The molecule has 2 aromatic heterocycles. The molecule has 0 bridgehead atoms. The van der Waals surface area contributed by atoms with Crippen LogP contribution in [0.25, 0.3) is 28.1 Å².